The summed E-state index contributed by atoms with van der Waals surface area (Å²) in [6, 6.07) is 10.7. The topological polar surface area (TPSA) is 26.0 Å². The minimum absolute atomic E-state index is 0.743. The molecule has 1 heteroatoms. The minimum atomic E-state index is 0.743. The second-order valence-corrected chi connectivity index (χ2v) is 4.99. The second kappa shape index (κ2) is 6.61. The highest BCUT2D eigenvalue weighted by Crippen LogP contribution is 2.29. The van der Waals surface area contributed by atoms with Crippen LogP contribution in [0.4, 0.5) is 0 Å². The van der Waals surface area contributed by atoms with Gasteiger partial charge in [-0.15, -0.1) is 0 Å². The van der Waals surface area contributed by atoms with E-state index in [-0.39, 0.29) is 0 Å². The third-order valence-electron chi connectivity index (χ3n) is 3.64. The van der Waals surface area contributed by atoms with Crippen molar-refractivity contribution in [3.8, 4) is 0 Å². The molecule has 1 nitrogen and oxygen atoms in total. The molecule has 1 aromatic rings. The van der Waals surface area contributed by atoms with Crippen molar-refractivity contribution in [1.82, 2.24) is 0 Å². The standard InChI is InChI=1S/C16H23N/c17-12-11-16(15-9-5-2-6-10-15)13-14-7-3-1-4-8-14/h2,5-6,9-10,13-14H,1,3-4,7-8,11-12,17H2. The van der Waals surface area contributed by atoms with Gasteiger partial charge in [0.05, 0.1) is 0 Å². The maximum Gasteiger partial charge on any atom is -0.00366 e. The normalized spacial score (nSPS) is 18.3. The zero-order valence-corrected chi connectivity index (χ0v) is 10.6. The first kappa shape index (κ1) is 12.4. The summed E-state index contributed by atoms with van der Waals surface area (Å²) < 4.78 is 0. The van der Waals surface area contributed by atoms with Gasteiger partial charge in [0.25, 0.3) is 0 Å². The molecule has 1 fully saturated rings. The smallest absolute Gasteiger partial charge is 0.00366 e. The zero-order valence-electron chi connectivity index (χ0n) is 10.6. The summed E-state index contributed by atoms with van der Waals surface area (Å²) in [7, 11) is 0. The molecule has 0 unspecified atom stereocenters. The molecule has 2 N–H and O–H groups in total. The Hall–Kier alpha value is -1.08. The van der Waals surface area contributed by atoms with E-state index in [1.165, 1.54) is 43.2 Å². The number of hydrogen-bond acceptors (Lipinski definition) is 1. The summed E-state index contributed by atoms with van der Waals surface area (Å²) in [6.07, 6.45) is 10.4. The fourth-order valence-electron chi connectivity index (χ4n) is 2.72. The lowest BCUT2D eigenvalue weighted by Crippen LogP contribution is -2.06. The monoisotopic (exact) mass is 229 g/mol. The van der Waals surface area contributed by atoms with Crippen LogP contribution in [0.2, 0.25) is 0 Å². The molecule has 17 heavy (non-hydrogen) atoms. The van der Waals surface area contributed by atoms with Gasteiger partial charge in [-0.3, -0.25) is 0 Å². The Bertz CT molecular complexity index is 347. The van der Waals surface area contributed by atoms with Gasteiger partial charge in [0.2, 0.25) is 0 Å². The molecule has 1 aliphatic rings. The van der Waals surface area contributed by atoms with Crippen LogP contribution in [0.5, 0.6) is 0 Å². The van der Waals surface area contributed by atoms with Crippen LogP contribution in [0.15, 0.2) is 36.4 Å². The molecule has 0 spiro atoms. The first-order valence-corrected chi connectivity index (χ1v) is 6.86. The average Bonchev–Trinajstić information content (AvgIpc) is 2.40. The predicted molar refractivity (Wildman–Crippen MR) is 74.7 cm³/mol. The first-order valence-electron chi connectivity index (χ1n) is 6.86. The molecule has 92 valence electrons. The van der Waals surface area contributed by atoms with Crippen molar-refractivity contribution in [3.05, 3.63) is 42.0 Å². The van der Waals surface area contributed by atoms with E-state index in [0.29, 0.717) is 0 Å². The fourth-order valence-corrected chi connectivity index (χ4v) is 2.72. The van der Waals surface area contributed by atoms with Crippen LogP contribution in [0.25, 0.3) is 5.57 Å². The highest BCUT2D eigenvalue weighted by atomic mass is 14.5. The van der Waals surface area contributed by atoms with Gasteiger partial charge in [-0.2, -0.15) is 0 Å². The third-order valence-corrected chi connectivity index (χ3v) is 3.64. The van der Waals surface area contributed by atoms with Crippen molar-refractivity contribution < 1.29 is 0 Å². The van der Waals surface area contributed by atoms with Gasteiger partial charge in [0.1, 0.15) is 0 Å². The van der Waals surface area contributed by atoms with Crippen molar-refractivity contribution in [2.75, 3.05) is 6.54 Å². The van der Waals surface area contributed by atoms with Crippen LogP contribution in [-0.4, -0.2) is 6.54 Å². The fraction of sp³-hybridized carbons (Fsp3) is 0.500. The highest BCUT2D eigenvalue weighted by molar-refractivity contribution is 5.65. The maximum atomic E-state index is 5.73. The van der Waals surface area contributed by atoms with Crippen molar-refractivity contribution >= 4 is 5.57 Å². The van der Waals surface area contributed by atoms with E-state index in [4.69, 9.17) is 5.73 Å². The van der Waals surface area contributed by atoms with E-state index in [2.05, 4.69) is 36.4 Å². The van der Waals surface area contributed by atoms with Crippen molar-refractivity contribution in [2.24, 2.45) is 11.7 Å². The van der Waals surface area contributed by atoms with E-state index in [1.54, 1.807) is 0 Å². The predicted octanol–water partition coefficient (Wildman–Crippen LogP) is 4.00. The Morgan fingerprint density at radius 1 is 1.12 bits per heavy atom. The van der Waals surface area contributed by atoms with Crippen LogP contribution >= 0.6 is 0 Å². The number of allylic oxidation sites excluding steroid dienone is 1. The molecule has 0 heterocycles. The lowest BCUT2D eigenvalue weighted by atomic mass is 9.86. The van der Waals surface area contributed by atoms with Crippen molar-refractivity contribution in [3.63, 3.8) is 0 Å². The minimum Gasteiger partial charge on any atom is -0.330 e. The second-order valence-electron chi connectivity index (χ2n) is 4.99. The van der Waals surface area contributed by atoms with E-state index < -0.39 is 0 Å². The number of hydrogen-bond donors (Lipinski definition) is 1. The molecular formula is C16H23N. The molecule has 1 aliphatic carbocycles. The number of nitrogens with two attached hydrogens (primary N) is 1. The van der Waals surface area contributed by atoms with Gasteiger partial charge < -0.3 is 5.73 Å². The molecule has 0 saturated heterocycles. The third kappa shape index (κ3) is 3.71. The Morgan fingerprint density at radius 3 is 2.47 bits per heavy atom. The number of benzene rings is 1. The Morgan fingerprint density at radius 2 is 1.82 bits per heavy atom. The summed E-state index contributed by atoms with van der Waals surface area (Å²) in [6.45, 7) is 0.743. The zero-order chi connectivity index (χ0) is 11.9. The first-order chi connectivity index (χ1) is 8.40. The molecule has 0 aliphatic heterocycles. The molecule has 0 radical (unpaired) electrons. The van der Waals surface area contributed by atoms with Crippen LogP contribution in [-0.2, 0) is 0 Å². The molecule has 0 aromatic heterocycles. The van der Waals surface area contributed by atoms with Gasteiger partial charge in [0.15, 0.2) is 0 Å². The van der Waals surface area contributed by atoms with Crippen molar-refractivity contribution in [2.45, 2.75) is 38.5 Å². The Kier molecular flexibility index (Phi) is 4.81. The van der Waals surface area contributed by atoms with E-state index in [9.17, 15) is 0 Å². The quantitative estimate of drug-likeness (QED) is 0.829. The van der Waals surface area contributed by atoms with Crippen LogP contribution in [0.1, 0.15) is 44.1 Å². The van der Waals surface area contributed by atoms with Gasteiger partial charge in [-0.25, -0.2) is 0 Å². The average molecular weight is 229 g/mol. The summed E-state index contributed by atoms with van der Waals surface area (Å²) in [5.74, 6) is 0.783. The van der Waals surface area contributed by atoms with E-state index in [0.717, 1.165) is 18.9 Å². The Balaban J connectivity index is 2.13. The van der Waals surface area contributed by atoms with Gasteiger partial charge in [0, 0.05) is 0 Å². The SMILES string of the molecule is NCCC(=CC1CCCCC1)c1ccccc1. The van der Waals surface area contributed by atoms with Crippen LogP contribution < -0.4 is 5.73 Å². The molecule has 0 bridgehead atoms. The van der Waals surface area contributed by atoms with Gasteiger partial charge in [-0.05, 0) is 42.9 Å². The van der Waals surface area contributed by atoms with E-state index in [1.807, 2.05) is 0 Å². The highest BCUT2D eigenvalue weighted by Gasteiger charge is 2.12. The Labute approximate surface area is 105 Å². The van der Waals surface area contributed by atoms with E-state index >= 15 is 0 Å². The molecule has 0 amide bonds. The molecule has 2 rings (SSSR count). The summed E-state index contributed by atoms with van der Waals surface area (Å²) >= 11 is 0. The summed E-state index contributed by atoms with van der Waals surface area (Å²) in [5.41, 5.74) is 8.53. The molecule has 0 atom stereocenters. The lowest BCUT2D eigenvalue weighted by molar-refractivity contribution is 0.419. The maximum absolute atomic E-state index is 5.73. The largest absolute Gasteiger partial charge is 0.330 e. The molecule has 1 aromatic carbocycles. The molecule has 1 saturated carbocycles. The van der Waals surface area contributed by atoms with Gasteiger partial charge >= 0.3 is 0 Å². The summed E-state index contributed by atoms with van der Waals surface area (Å²) in [4.78, 5) is 0. The molecular weight excluding hydrogens is 206 g/mol. The van der Waals surface area contributed by atoms with Crippen molar-refractivity contribution in [1.29, 1.82) is 0 Å². The number of rotatable bonds is 4. The summed E-state index contributed by atoms with van der Waals surface area (Å²) in [5, 5.41) is 0. The van der Waals surface area contributed by atoms with Crippen LogP contribution in [0, 0.1) is 5.92 Å². The van der Waals surface area contributed by atoms with Gasteiger partial charge in [-0.1, -0.05) is 55.7 Å². The lowest BCUT2D eigenvalue weighted by Gasteiger charge is -2.20. The van der Waals surface area contributed by atoms with Crippen LogP contribution in [0.3, 0.4) is 0 Å².